The Morgan fingerprint density at radius 2 is 1.68 bits per heavy atom. The molecule has 9 heteroatoms. The molecule has 1 aliphatic rings. The van der Waals surface area contributed by atoms with Crippen LogP contribution in [0.5, 0.6) is 11.5 Å². The first kappa shape index (κ1) is 28.2. The van der Waals surface area contributed by atoms with Crippen molar-refractivity contribution in [2.24, 2.45) is 0 Å². The van der Waals surface area contributed by atoms with Crippen LogP contribution in [0, 0.1) is 0 Å². The molecule has 0 saturated heterocycles. The van der Waals surface area contributed by atoms with Gasteiger partial charge in [0, 0.05) is 37.3 Å². The van der Waals surface area contributed by atoms with Crippen LogP contribution in [0.1, 0.15) is 34.8 Å². The van der Waals surface area contributed by atoms with Crippen molar-refractivity contribution in [1.29, 1.82) is 0 Å². The SMILES string of the molecule is COC(=O)c1ccc(OCC(=O)NC(CC2=C[N]c3ccccc32)CN(Cc2ccccc2OC)C(C)=O)cc1. The minimum absolute atomic E-state index is 0.127. The molecule has 0 aliphatic carbocycles. The Morgan fingerprint density at radius 1 is 0.950 bits per heavy atom. The predicted octanol–water partition coefficient (Wildman–Crippen LogP) is 4.07. The molecule has 1 unspecified atom stereocenters. The fourth-order valence-corrected chi connectivity index (χ4v) is 4.50. The first-order valence-electron chi connectivity index (χ1n) is 12.8. The van der Waals surface area contributed by atoms with Crippen LogP contribution >= 0.6 is 0 Å². The van der Waals surface area contributed by atoms with E-state index in [1.165, 1.54) is 14.0 Å². The third-order valence-corrected chi connectivity index (χ3v) is 6.53. The normalized spacial score (nSPS) is 12.3. The average Bonchev–Trinajstić information content (AvgIpc) is 3.38. The molecule has 4 rings (SSSR count). The van der Waals surface area contributed by atoms with Crippen molar-refractivity contribution in [2.45, 2.75) is 25.9 Å². The van der Waals surface area contributed by atoms with Gasteiger partial charge in [0.2, 0.25) is 5.91 Å². The second-order valence-electron chi connectivity index (χ2n) is 9.29. The number of esters is 1. The van der Waals surface area contributed by atoms with Gasteiger partial charge in [0.15, 0.2) is 6.61 Å². The molecule has 9 nitrogen and oxygen atoms in total. The Balaban J connectivity index is 1.47. The molecular weight excluding hydrogens is 510 g/mol. The maximum Gasteiger partial charge on any atom is 0.337 e. The van der Waals surface area contributed by atoms with Crippen molar-refractivity contribution in [3.63, 3.8) is 0 Å². The molecule has 0 saturated carbocycles. The number of para-hydroxylation sites is 2. The highest BCUT2D eigenvalue weighted by Gasteiger charge is 2.24. The van der Waals surface area contributed by atoms with E-state index in [-0.39, 0.29) is 25.0 Å². The van der Waals surface area contributed by atoms with Gasteiger partial charge in [-0.25, -0.2) is 4.79 Å². The van der Waals surface area contributed by atoms with Gasteiger partial charge in [-0.15, -0.1) is 0 Å². The highest BCUT2D eigenvalue weighted by molar-refractivity contribution is 5.89. The molecule has 3 aromatic carbocycles. The minimum atomic E-state index is -0.454. The van der Waals surface area contributed by atoms with Crippen LogP contribution in [0.4, 0.5) is 5.69 Å². The average molecular weight is 543 g/mol. The Bertz CT molecular complexity index is 1390. The molecule has 1 aliphatic heterocycles. The van der Waals surface area contributed by atoms with Gasteiger partial charge >= 0.3 is 5.97 Å². The van der Waals surface area contributed by atoms with E-state index in [4.69, 9.17) is 14.2 Å². The van der Waals surface area contributed by atoms with E-state index >= 15 is 0 Å². The Labute approximate surface area is 233 Å². The lowest BCUT2D eigenvalue weighted by Gasteiger charge is -2.28. The fraction of sp³-hybridized carbons (Fsp3) is 0.258. The van der Waals surface area contributed by atoms with Crippen molar-refractivity contribution in [2.75, 3.05) is 27.4 Å². The van der Waals surface area contributed by atoms with Crippen LogP contribution in [-0.2, 0) is 20.9 Å². The van der Waals surface area contributed by atoms with E-state index in [0.717, 1.165) is 22.4 Å². The summed E-state index contributed by atoms with van der Waals surface area (Å²) in [7, 11) is 2.90. The molecule has 0 fully saturated rings. The van der Waals surface area contributed by atoms with Crippen LogP contribution in [0.3, 0.4) is 0 Å². The first-order chi connectivity index (χ1) is 19.4. The van der Waals surface area contributed by atoms with E-state index in [9.17, 15) is 14.4 Å². The largest absolute Gasteiger partial charge is 0.496 e. The summed E-state index contributed by atoms with van der Waals surface area (Å²) in [5.41, 5.74) is 4.10. The summed E-state index contributed by atoms with van der Waals surface area (Å²) in [5, 5.41) is 7.53. The van der Waals surface area contributed by atoms with Crippen molar-refractivity contribution in [3.8, 4) is 11.5 Å². The van der Waals surface area contributed by atoms with Gasteiger partial charge in [-0.1, -0.05) is 36.4 Å². The van der Waals surface area contributed by atoms with Crippen molar-refractivity contribution >= 4 is 29.0 Å². The summed E-state index contributed by atoms with van der Waals surface area (Å²) in [5.74, 6) is 0.202. The number of benzene rings is 3. The summed E-state index contributed by atoms with van der Waals surface area (Å²) in [4.78, 5) is 39.0. The number of carbonyl (C=O) groups excluding carboxylic acids is 3. The molecule has 0 spiro atoms. The van der Waals surface area contributed by atoms with Crippen molar-refractivity contribution in [1.82, 2.24) is 15.5 Å². The molecular formula is C31H32N3O6. The second kappa shape index (κ2) is 13.3. The summed E-state index contributed by atoms with van der Waals surface area (Å²) < 4.78 is 15.8. The number of carbonyl (C=O) groups is 3. The van der Waals surface area contributed by atoms with Gasteiger partial charge in [-0.05, 0) is 48.4 Å². The molecule has 40 heavy (non-hydrogen) atoms. The Hall–Kier alpha value is -4.79. The lowest BCUT2D eigenvalue weighted by atomic mass is 9.99. The zero-order chi connectivity index (χ0) is 28.5. The summed E-state index contributed by atoms with van der Waals surface area (Å²) in [6.45, 7) is 1.87. The zero-order valence-corrected chi connectivity index (χ0v) is 22.8. The number of ether oxygens (including phenoxy) is 3. The van der Waals surface area contributed by atoms with E-state index < -0.39 is 12.0 Å². The Kier molecular flexibility index (Phi) is 9.40. The third kappa shape index (κ3) is 7.19. The van der Waals surface area contributed by atoms with Crippen LogP contribution in [0.15, 0.2) is 79.0 Å². The van der Waals surface area contributed by atoms with Crippen LogP contribution in [0.2, 0.25) is 0 Å². The number of fused-ring (bicyclic) bond motifs is 1. The number of nitrogens with one attached hydrogen (secondary N) is 1. The molecule has 3 aromatic rings. The molecule has 207 valence electrons. The van der Waals surface area contributed by atoms with Crippen LogP contribution in [-0.4, -0.2) is 56.1 Å². The third-order valence-electron chi connectivity index (χ3n) is 6.53. The maximum atomic E-state index is 13.0. The van der Waals surface area contributed by atoms with Crippen LogP contribution < -0.4 is 20.1 Å². The van der Waals surface area contributed by atoms with E-state index in [1.807, 2.05) is 54.7 Å². The molecule has 1 heterocycles. The molecule has 1 N–H and O–H groups in total. The molecule has 0 bridgehead atoms. The zero-order valence-electron chi connectivity index (χ0n) is 22.8. The smallest absolute Gasteiger partial charge is 0.337 e. The molecule has 1 radical (unpaired) electrons. The fourth-order valence-electron chi connectivity index (χ4n) is 4.50. The monoisotopic (exact) mass is 542 g/mol. The topological polar surface area (TPSA) is 108 Å². The van der Waals surface area contributed by atoms with Crippen LogP contribution in [0.25, 0.3) is 5.57 Å². The minimum Gasteiger partial charge on any atom is -0.496 e. The summed E-state index contributed by atoms with van der Waals surface area (Å²) >= 11 is 0. The highest BCUT2D eigenvalue weighted by atomic mass is 16.5. The van der Waals surface area contributed by atoms with Gasteiger partial charge in [-0.2, -0.15) is 0 Å². The van der Waals surface area contributed by atoms with E-state index in [0.29, 0.717) is 30.0 Å². The maximum absolute atomic E-state index is 13.0. The van der Waals surface area contributed by atoms with Crippen molar-refractivity contribution in [3.05, 3.63) is 95.7 Å². The molecule has 2 amide bonds. The van der Waals surface area contributed by atoms with E-state index in [1.54, 1.807) is 36.3 Å². The number of methoxy groups -OCH3 is 2. The molecule has 0 aromatic heterocycles. The summed E-state index contributed by atoms with van der Waals surface area (Å²) in [6.07, 6.45) is 2.28. The predicted molar refractivity (Wildman–Crippen MR) is 150 cm³/mol. The van der Waals surface area contributed by atoms with Gasteiger partial charge in [0.25, 0.3) is 5.91 Å². The lowest BCUT2D eigenvalue weighted by Crippen LogP contribution is -2.46. The van der Waals surface area contributed by atoms with Gasteiger partial charge in [0.1, 0.15) is 11.5 Å². The molecule has 1 atom stereocenters. The van der Waals surface area contributed by atoms with E-state index in [2.05, 4.69) is 10.6 Å². The standard InChI is InChI=1S/C31H32N3O6/c1-21(35)34(18-23-8-4-7-11-29(23)38-2)19-25(16-24-17-32-28-10-6-5-9-27(24)28)33-30(36)20-40-26-14-12-22(13-15-26)31(37)39-3/h4-15,17,25H,16,18-20H2,1-3H3,(H,33,36). The first-order valence-corrected chi connectivity index (χ1v) is 12.8. The van der Waals surface area contributed by atoms with Gasteiger partial charge in [0.05, 0.1) is 31.5 Å². The number of amides is 2. The highest BCUT2D eigenvalue weighted by Crippen LogP contribution is 2.33. The second-order valence-corrected chi connectivity index (χ2v) is 9.29. The van der Waals surface area contributed by atoms with Gasteiger partial charge in [-0.3, -0.25) is 14.9 Å². The number of hydrogen-bond donors (Lipinski definition) is 1. The lowest BCUT2D eigenvalue weighted by molar-refractivity contribution is -0.131. The Morgan fingerprint density at radius 3 is 2.40 bits per heavy atom. The number of rotatable bonds is 12. The number of nitrogens with zero attached hydrogens (tertiary/aromatic N) is 2. The summed E-state index contributed by atoms with van der Waals surface area (Å²) in [6, 6.07) is 21.3. The van der Waals surface area contributed by atoms with Gasteiger partial charge < -0.3 is 24.4 Å². The van der Waals surface area contributed by atoms with Crippen molar-refractivity contribution < 1.29 is 28.6 Å². The quantitative estimate of drug-likeness (QED) is 0.346. The number of hydrogen-bond acceptors (Lipinski definition) is 6.